The zero-order valence-corrected chi connectivity index (χ0v) is 16.1. The minimum atomic E-state index is 0.208. The van der Waals surface area contributed by atoms with Crippen LogP contribution in [0.15, 0.2) is 54.7 Å². The lowest BCUT2D eigenvalue weighted by atomic mass is 9.92. The highest BCUT2D eigenvalue weighted by Gasteiger charge is 2.18. The van der Waals surface area contributed by atoms with Crippen LogP contribution in [-0.4, -0.2) is 18.7 Å². The second-order valence-electron chi connectivity index (χ2n) is 6.35. The summed E-state index contributed by atoms with van der Waals surface area (Å²) in [4.78, 5) is 4.22. The van der Waals surface area contributed by atoms with Crippen molar-refractivity contribution in [2.24, 2.45) is 0 Å². The zero-order valence-electron chi connectivity index (χ0n) is 16.1. The number of hydrogen-bond acceptors (Lipinski definition) is 5. The fraction of sp³-hybridized carbons (Fsp3) is 0.217. The summed E-state index contributed by atoms with van der Waals surface area (Å²) in [6, 6.07) is 17.7. The van der Waals surface area contributed by atoms with Crippen molar-refractivity contribution in [1.82, 2.24) is 4.98 Å². The largest absolute Gasteiger partial charge is 0.493 e. The molecule has 0 amide bonds. The van der Waals surface area contributed by atoms with E-state index < -0.39 is 0 Å². The maximum Gasteiger partial charge on any atom is 0.161 e. The van der Waals surface area contributed by atoms with E-state index in [1.54, 1.807) is 13.3 Å². The Hall–Kier alpha value is -3.52. The lowest BCUT2D eigenvalue weighted by molar-refractivity contribution is 0.288. The number of aromatic nitrogens is 1. The lowest BCUT2D eigenvalue weighted by Crippen LogP contribution is -2.01. The van der Waals surface area contributed by atoms with Crippen LogP contribution in [0.1, 0.15) is 25.3 Å². The number of hydrogen-bond donors (Lipinski definition) is 1. The van der Waals surface area contributed by atoms with Crippen LogP contribution in [-0.2, 0) is 0 Å². The number of unbranched alkanes of at least 4 members (excludes halogenated alkanes) is 1. The first-order chi connectivity index (χ1) is 13.7. The van der Waals surface area contributed by atoms with Gasteiger partial charge in [0.05, 0.1) is 13.7 Å². The molecule has 0 aliphatic heterocycles. The Morgan fingerprint density at radius 2 is 1.86 bits per heavy atom. The second kappa shape index (κ2) is 8.92. The summed E-state index contributed by atoms with van der Waals surface area (Å²) >= 11 is 0. The maximum absolute atomic E-state index is 9.73. The molecule has 1 heterocycles. The van der Waals surface area contributed by atoms with Gasteiger partial charge in [-0.25, -0.2) is 4.98 Å². The fourth-order valence-electron chi connectivity index (χ4n) is 3.04. The standard InChI is InChI=1S/C23H23N3O2/c1-3-4-12-28-20-11-10-17(13-21(20)27-2)22-18(14-24)23(25)26-15-19(22)16-8-6-5-7-9-16/h5-11,13,15H,3-4,12H2,1-2H3,(H2,25,26). The van der Waals surface area contributed by atoms with Gasteiger partial charge in [-0.1, -0.05) is 49.7 Å². The van der Waals surface area contributed by atoms with Crippen molar-refractivity contribution >= 4 is 5.82 Å². The number of benzene rings is 2. The molecule has 0 aliphatic carbocycles. The van der Waals surface area contributed by atoms with E-state index in [1.807, 2.05) is 48.5 Å². The number of methoxy groups -OCH3 is 1. The Morgan fingerprint density at radius 3 is 2.54 bits per heavy atom. The van der Waals surface area contributed by atoms with Gasteiger partial charge in [0, 0.05) is 17.3 Å². The molecule has 3 aromatic rings. The van der Waals surface area contributed by atoms with Crippen LogP contribution in [0.4, 0.5) is 5.82 Å². The van der Waals surface area contributed by atoms with Crippen LogP contribution in [0, 0.1) is 11.3 Å². The number of nitriles is 1. The summed E-state index contributed by atoms with van der Waals surface area (Å²) in [6.45, 7) is 2.75. The Balaban J connectivity index is 2.15. The molecule has 142 valence electrons. The Morgan fingerprint density at radius 1 is 1.07 bits per heavy atom. The zero-order chi connectivity index (χ0) is 19.9. The quantitative estimate of drug-likeness (QED) is 0.586. The summed E-state index contributed by atoms with van der Waals surface area (Å²) in [5.41, 5.74) is 9.72. The molecule has 0 unspecified atom stereocenters. The number of anilines is 1. The molecule has 1 aromatic heterocycles. The first-order valence-corrected chi connectivity index (χ1v) is 9.24. The lowest BCUT2D eigenvalue weighted by Gasteiger charge is -2.16. The van der Waals surface area contributed by atoms with E-state index in [9.17, 15) is 5.26 Å². The number of pyridine rings is 1. The van der Waals surface area contributed by atoms with Crippen LogP contribution in [0.3, 0.4) is 0 Å². The van der Waals surface area contributed by atoms with E-state index in [2.05, 4.69) is 18.0 Å². The van der Waals surface area contributed by atoms with Crippen LogP contribution in [0.25, 0.3) is 22.3 Å². The van der Waals surface area contributed by atoms with Crippen molar-refractivity contribution in [3.63, 3.8) is 0 Å². The third-order valence-electron chi connectivity index (χ3n) is 4.51. The average molecular weight is 373 g/mol. The Kier molecular flexibility index (Phi) is 6.13. The smallest absolute Gasteiger partial charge is 0.161 e. The Bertz CT molecular complexity index is 995. The van der Waals surface area contributed by atoms with E-state index in [-0.39, 0.29) is 5.82 Å². The van der Waals surface area contributed by atoms with Gasteiger partial charge in [-0.2, -0.15) is 5.26 Å². The van der Waals surface area contributed by atoms with E-state index in [1.165, 1.54) is 0 Å². The highest BCUT2D eigenvalue weighted by atomic mass is 16.5. The predicted molar refractivity (Wildman–Crippen MR) is 111 cm³/mol. The van der Waals surface area contributed by atoms with E-state index >= 15 is 0 Å². The Labute approximate surface area is 165 Å². The first-order valence-electron chi connectivity index (χ1n) is 9.24. The summed E-state index contributed by atoms with van der Waals surface area (Å²) in [5, 5.41) is 9.73. The van der Waals surface area contributed by atoms with Crippen molar-refractivity contribution in [3.05, 3.63) is 60.3 Å². The van der Waals surface area contributed by atoms with Gasteiger partial charge < -0.3 is 15.2 Å². The van der Waals surface area contributed by atoms with Crippen LogP contribution >= 0.6 is 0 Å². The van der Waals surface area contributed by atoms with Crippen LogP contribution < -0.4 is 15.2 Å². The maximum atomic E-state index is 9.73. The van der Waals surface area contributed by atoms with Gasteiger partial charge in [0.1, 0.15) is 17.5 Å². The van der Waals surface area contributed by atoms with Crippen molar-refractivity contribution in [3.8, 4) is 39.8 Å². The van der Waals surface area contributed by atoms with Crippen LogP contribution in [0.2, 0.25) is 0 Å². The van der Waals surface area contributed by atoms with E-state index in [0.717, 1.165) is 35.1 Å². The highest BCUT2D eigenvalue weighted by molar-refractivity contribution is 5.90. The molecule has 0 bridgehead atoms. The number of nitrogens with two attached hydrogens (primary N) is 1. The van der Waals surface area contributed by atoms with E-state index in [4.69, 9.17) is 15.2 Å². The topological polar surface area (TPSA) is 81.2 Å². The van der Waals surface area contributed by atoms with Crippen LogP contribution in [0.5, 0.6) is 11.5 Å². The molecule has 0 saturated carbocycles. The fourth-order valence-corrected chi connectivity index (χ4v) is 3.04. The normalized spacial score (nSPS) is 10.3. The van der Waals surface area contributed by atoms with Crippen molar-refractivity contribution in [2.75, 3.05) is 19.5 Å². The van der Waals surface area contributed by atoms with Gasteiger partial charge in [0.15, 0.2) is 11.5 Å². The highest BCUT2D eigenvalue weighted by Crippen LogP contribution is 2.40. The predicted octanol–water partition coefficient (Wildman–Crippen LogP) is 5.06. The summed E-state index contributed by atoms with van der Waals surface area (Å²) in [7, 11) is 1.61. The molecule has 2 N–H and O–H groups in total. The molecule has 5 heteroatoms. The third-order valence-corrected chi connectivity index (χ3v) is 4.51. The van der Waals surface area contributed by atoms with Crippen molar-refractivity contribution < 1.29 is 9.47 Å². The minimum absolute atomic E-state index is 0.208. The van der Waals surface area contributed by atoms with Gasteiger partial charge in [0.2, 0.25) is 0 Å². The monoisotopic (exact) mass is 373 g/mol. The SMILES string of the molecule is CCCCOc1ccc(-c2c(-c3ccccc3)cnc(N)c2C#N)cc1OC. The number of nitrogen functional groups attached to an aromatic ring is 1. The summed E-state index contributed by atoms with van der Waals surface area (Å²) in [6.07, 6.45) is 3.74. The van der Waals surface area contributed by atoms with Gasteiger partial charge in [-0.15, -0.1) is 0 Å². The molecule has 0 spiro atoms. The molecule has 28 heavy (non-hydrogen) atoms. The van der Waals surface area contributed by atoms with E-state index in [0.29, 0.717) is 23.7 Å². The number of ether oxygens (including phenoxy) is 2. The molecule has 3 rings (SSSR count). The third kappa shape index (κ3) is 3.91. The molecule has 5 nitrogen and oxygen atoms in total. The molecular weight excluding hydrogens is 350 g/mol. The molecule has 0 saturated heterocycles. The molecular formula is C23H23N3O2. The molecule has 0 aliphatic rings. The van der Waals surface area contributed by atoms with Gasteiger partial charge >= 0.3 is 0 Å². The summed E-state index contributed by atoms with van der Waals surface area (Å²) < 4.78 is 11.4. The molecule has 0 atom stereocenters. The minimum Gasteiger partial charge on any atom is -0.493 e. The number of nitrogens with zero attached hydrogens (tertiary/aromatic N) is 2. The van der Waals surface area contributed by atoms with Gasteiger partial charge in [-0.05, 0) is 29.7 Å². The second-order valence-corrected chi connectivity index (χ2v) is 6.35. The summed E-state index contributed by atoms with van der Waals surface area (Å²) in [5.74, 6) is 1.51. The van der Waals surface area contributed by atoms with Gasteiger partial charge in [-0.3, -0.25) is 0 Å². The average Bonchev–Trinajstić information content (AvgIpc) is 2.74. The first kappa shape index (κ1) is 19.2. The number of rotatable bonds is 7. The van der Waals surface area contributed by atoms with Crippen molar-refractivity contribution in [2.45, 2.75) is 19.8 Å². The molecule has 0 radical (unpaired) electrons. The molecule has 2 aromatic carbocycles. The van der Waals surface area contributed by atoms with Gasteiger partial charge in [0.25, 0.3) is 0 Å². The van der Waals surface area contributed by atoms with Crippen molar-refractivity contribution in [1.29, 1.82) is 5.26 Å². The molecule has 0 fully saturated rings.